The molecule has 1 aromatic rings. The minimum atomic E-state index is 0.604. The topological polar surface area (TPSA) is 68.3 Å². The van der Waals surface area contributed by atoms with E-state index in [0.717, 1.165) is 23.3 Å². The van der Waals surface area contributed by atoms with Gasteiger partial charge in [0.25, 0.3) is 0 Å². The van der Waals surface area contributed by atoms with Gasteiger partial charge < -0.3 is 20.1 Å². The summed E-state index contributed by atoms with van der Waals surface area (Å²) in [5, 5.41) is 6.35. The van der Waals surface area contributed by atoms with E-state index >= 15 is 0 Å². The second-order valence-electron chi connectivity index (χ2n) is 3.85. The van der Waals surface area contributed by atoms with Gasteiger partial charge in [0.2, 0.25) is 5.95 Å². The fraction of sp³-hybridized carbons (Fsp3) is 0.667. The third kappa shape index (κ3) is 6.70. The van der Waals surface area contributed by atoms with E-state index in [4.69, 9.17) is 9.47 Å². The number of aromatic nitrogens is 2. The number of hydrogen-bond acceptors (Lipinski definition) is 6. The van der Waals surface area contributed by atoms with E-state index in [1.165, 1.54) is 0 Å². The summed E-state index contributed by atoms with van der Waals surface area (Å²) in [7, 11) is 1.66. The van der Waals surface area contributed by atoms with E-state index in [1.54, 1.807) is 13.3 Å². The van der Waals surface area contributed by atoms with Gasteiger partial charge in [-0.2, -0.15) is 4.98 Å². The molecule has 0 atom stereocenters. The SMILES string of the molecule is CCCNc1ncc(Br)c(NCCOCCOC)n1. The minimum absolute atomic E-state index is 0.604. The van der Waals surface area contributed by atoms with Crippen molar-refractivity contribution in [2.45, 2.75) is 13.3 Å². The molecule has 2 N–H and O–H groups in total. The number of halogens is 1. The van der Waals surface area contributed by atoms with E-state index in [1.807, 2.05) is 0 Å². The molecule has 19 heavy (non-hydrogen) atoms. The van der Waals surface area contributed by atoms with Gasteiger partial charge in [-0.25, -0.2) is 4.98 Å². The van der Waals surface area contributed by atoms with Crippen molar-refractivity contribution in [2.24, 2.45) is 0 Å². The molecule has 0 saturated heterocycles. The number of hydrogen-bond donors (Lipinski definition) is 2. The lowest BCUT2D eigenvalue weighted by Crippen LogP contribution is -2.14. The number of nitrogens with one attached hydrogen (secondary N) is 2. The van der Waals surface area contributed by atoms with Crippen LogP contribution in [-0.4, -0.2) is 50.0 Å². The van der Waals surface area contributed by atoms with Crippen LogP contribution in [0, 0.1) is 0 Å². The van der Waals surface area contributed by atoms with Crippen molar-refractivity contribution in [3.05, 3.63) is 10.7 Å². The highest BCUT2D eigenvalue weighted by molar-refractivity contribution is 9.10. The Morgan fingerprint density at radius 1 is 1.21 bits per heavy atom. The molecule has 7 heteroatoms. The Morgan fingerprint density at radius 3 is 2.79 bits per heavy atom. The van der Waals surface area contributed by atoms with Crippen LogP contribution >= 0.6 is 15.9 Å². The first-order valence-corrected chi connectivity index (χ1v) is 7.14. The van der Waals surface area contributed by atoms with Crippen molar-refractivity contribution >= 4 is 27.7 Å². The number of rotatable bonds is 10. The maximum Gasteiger partial charge on any atom is 0.224 e. The molecule has 0 aliphatic rings. The highest BCUT2D eigenvalue weighted by Crippen LogP contribution is 2.19. The summed E-state index contributed by atoms with van der Waals surface area (Å²) in [6, 6.07) is 0. The van der Waals surface area contributed by atoms with Crippen molar-refractivity contribution in [2.75, 3.05) is 50.7 Å². The predicted molar refractivity (Wildman–Crippen MR) is 79.7 cm³/mol. The summed E-state index contributed by atoms with van der Waals surface area (Å²) in [6.07, 6.45) is 2.77. The summed E-state index contributed by atoms with van der Waals surface area (Å²) in [4.78, 5) is 8.57. The van der Waals surface area contributed by atoms with Crippen LogP contribution < -0.4 is 10.6 Å². The highest BCUT2D eigenvalue weighted by Gasteiger charge is 2.04. The molecule has 1 aromatic heterocycles. The van der Waals surface area contributed by atoms with Crippen molar-refractivity contribution < 1.29 is 9.47 Å². The Kier molecular flexibility index (Phi) is 8.44. The normalized spacial score (nSPS) is 10.5. The molecular weight excluding hydrogens is 312 g/mol. The molecule has 0 fully saturated rings. The predicted octanol–water partition coefficient (Wildman–Crippen LogP) is 2.14. The van der Waals surface area contributed by atoms with Gasteiger partial charge >= 0.3 is 0 Å². The molecule has 108 valence electrons. The van der Waals surface area contributed by atoms with Crippen LogP contribution in [0.3, 0.4) is 0 Å². The van der Waals surface area contributed by atoms with Gasteiger partial charge in [-0.05, 0) is 22.4 Å². The van der Waals surface area contributed by atoms with Crippen LogP contribution in [0.4, 0.5) is 11.8 Å². The van der Waals surface area contributed by atoms with Gasteiger partial charge in [0.1, 0.15) is 5.82 Å². The van der Waals surface area contributed by atoms with E-state index in [2.05, 4.69) is 43.5 Å². The second kappa shape index (κ2) is 9.94. The van der Waals surface area contributed by atoms with Gasteiger partial charge in [-0.15, -0.1) is 0 Å². The van der Waals surface area contributed by atoms with E-state index in [-0.39, 0.29) is 0 Å². The van der Waals surface area contributed by atoms with Crippen LogP contribution in [0.15, 0.2) is 10.7 Å². The largest absolute Gasteiger partial charge is 0.382 e. The molecular formula is C12H21BrN4O2. The van der Waals surface area contributed by atoms with Gasteiger partial charge in [-0.1, -0.05) is 6.92 Å². The maximum atomic E-state index is 5.37. The van der Waals surface area contributed by atoms with Gasteiger partial charge in [0.05, 0.1) is 24.3 Å². The first-order valence-electron chi connectivity index (χ1n) is 6.35. The Morgan fingerprint density at radius 2 is 2.05 bits per heavy atom. The molecule has 0 aliphatic heterocycles. The summed E-state index contributed by atoms with van der Waals surface area (Å²) in [6.45, 7) is 5.47. The average Bonchev–Trinajstić information content (AvgIpc) is 2.43. The summed E-state index contributed by atoms with van der Waals surface area (Å²) < 4.78 is 11.1. The molecule has 1 heterocycles. The van der Waals surface area contributed by atoms with Gasteiger partial charge in [0.15, 0.2) is 0 Å². The van der Waals surface area contributed by atoms with Crippen LogP contribution in [-0.2, 0) is 9.47 Å². The Balaban J connectivity index is 2.34. The molecule has 0 radical (unpaired) electrons. The second-order valence-corrected chi connectivity index (χ2v) is 4.70. The number of nitrogens with zero attached hydrogens (tertiary/aromatic N) is 2. The smallest absolute Gasteiger partial charge is 0.224 e. The molecule has 6 nitrogen and oxygen atoms in total. The molecule has 0 aliphatic carbocycles. The van der Waals surface area contributed by atoms with E-state index < -0.39 is 0 Å². The highest BCUT2D eigenvalue weighted by atomic mass is 79.9. The summed E-state index contributed by atoms with van der Waals surface area (Å²) in [5.41, 5.74) is 0. The Bertz CT molecular complexity index is 366. The molecule has 0 spiro atoms. The molecule has 1 rings (SSSR count). The van der Waals surface area contributed by atoms with Gasteiger partial charge in [0, 0.05) is 26.4 Å². The number of anilines is 2. The zero-order chi connectivity index (χ0) is 13.9. The molecule has 0 saturated carbocycles. The van der Waals surface area contributed by atoms with Crippen molar-refractivity contribution in [1.29, 1.82) is 0 Å². The standard InChI is InChI=1S/C12H21BrN4O2/c1-3-4-15-12-16-9-10(13)11(17-12)14-5-6-19-8-7-18-2/h9H,3-8H2,1-2H3,(H2,14,15,16,17). The molecule has 0 bridgehead atoms. The third-order valence-corrected chi connectivity index (χ3v) is 2.83. The quantitative estimate of drug-likeness (QED) is 0.640. The third-order valence-electron chi connectivity index (χ3n) is 2.25. The zero-order valence-corrected chi connectivity index (χ0v) is 13.0. The van der Waals surface area contributed by atoms with Gasteiger partial charge in [-0.3, -0.25) is 0 Å². The fourth-order valence-corrected chi connectivity index (χ4v) is 1.63. The zero-order valence-electron chi connectivity index (χ0n) is 11.4. The molecule has 0 unspecified atom stereocenters. The minimum Gasteiger partial charge on any atom is -0.382 e. The fourth-order valence-electron chi connectivity index (χ4n) is 1.30. The number of methoxy groups -OCH3 is 1. The van der Waals surface area contributed by atoms with E-state index in [0.29, 0.717) is 32.3 Å². The van der Waals surface area contributed by atoms with Crippen LogP contribution in [0.2, 0.25) is 0 Å². The lowest BCUT2D eigenvalue weighted by Gasteiger charge is -2.10. The summed E-state index contributed by atoms with van der Waals surface area (Å²) in [5.74, 6) is 1.40. The summed E-state index contributed by atoms with van der Waals surface area (Å²) >= 11 is 3.42. The monoisotopic (exact) mass is 332 g/mol. The van der Waals surface area contributed by atoms with Crippen LogP contribution in [0.1, 0.15) is 13.3 Å². The Labute approximate surface area is 122 Å². The average molecular weight is 333 g/mol. The lowest BCUT2D eigenvalue weighted by molar-refractivity contribution is 0.0759. The first-order chi connectivity index (χ1) is 9.27. The van der Waals surface area contributed by atoms with Crippen LogP contribution in [0.25, 0.3) is 0 Å². The molecule has 0 aromatic carbocycles. The van der Waals surface area contributed by atoms with E-state index in [9.17, 15) is 0 Å². The number of ether oxygens (including phenoxy) is 2. The first kappa shape index (κ1) is 16.1. The van der Waals surface area contributed by atoms with Crippen molar-refractivity contribution in [1.82, 2.24) is 9.97 Å². The lowest BCUT2D eigenvalue weighted by atomic mass is 10.5. The maximum absolute atomic E-state index is 5.37. The van der Waals surface area contributed by atoms with Crippen molar-refractivity contribution in [3.8, 4) is 0 Å². The molecule has 0 amide bonds. The Hall–Kier alpha value is -0.920. The van der Waals surface area contributed by atoms with Crippen molar-refractivity contribution in [3.63, 3.8) is 0 Å². The van der Waals surface area contributed by atoms with Crippen LogP contribution in [0.5, 0.6) is 0 Å².